The maximum atomic E-state index is 11.2. The number of carboxylic acid groups (broad SMARTS) is 1. The minimum Gasteiger partial charge on any atom is -0.476 e. The molecule has 0 aliphatic rings. The van der Waals surface area contributed by atoms with E-state index in [1.54, 1.807) is 0 Å². The number of halogens is 5. The highest BCUT2D eigenvalue weighted by molar-refractivity contribution is 9.11. The summed E-state index contributed by atoms with van der Waals surface area (Å²) in [6.45, 7) is 0. The predicted molar refractivity (Wildman–Crippen MR) is 106 cm³/mol. The molecule has 2 aromatic rings. The van der Waals surface area contributed by atoms with Crippen molar-refractivity contribution in [3.8, 4) is 0 Å². The van der Waals surface area contributed by atoms with Gasteiger partial charge >= 0.3 is 11.9 Å². The van der Waals surface area contributed by atoms with Gasteiger partial charge in [0.2, 0.25) is 0 Å². The largest absolute Gasteiger partial charge is 0.476 e. The molecule has 2 aromatic heterocycles. The van der Waals surface area contributed by atoms with Gasteiger partial charge in [-0.3, -0.25) is 0 Å². The van der Waals surface area contributed by atoms with Crippen molar-refractivity contribution in [3.63, 3.8) is 0 Å². The van der Waals surface area contributed by atoms with Gasteiger partial charge in [-0.15, -0.1) is 0 Å². The number of hydrogen-bond acceptors (Lipinski definition) is 6. The third-order valence-electron chi connectivity index (χ3n) is 2.52. The fourth-order valence-corrected chi connectivity index (χ4v) is 2.90. The quantitative estimate of drug-likeness (QED) is 0.158. The summed E-state index contributed by atoms with van der Waals surface area (Å²) in [5, 5.41) is 12.3. The van der Waals surface area contributed by atoms with Gasteiger partial charge in [-0.1, -0.05) is 39.9 Å². The van der Waals surface area contributed by atoms with Crippen LogP contribution in [0.4, 0.5) is 5.69 Å². The van der Waals surface area contributed by atoms with Crippen LogP contribution in [0.1, 0.15) is 21.0 Å². The SMILES string of the molecule is COC(=O)c1nc(Cl)cc(N=[N+]=[N-])c1Br.O=C(O)c1nc(Cl)cc(Cl)c1Br. The average molecular weight is 562 g/mol. The molecule has 142 valence electrons. The zero-order chi connectivity index (χ0) is 20.7. The van der Waals surface area contributed by atoms with Gasteiger partial charge in [0.15, 0.2) is 11.4 Å². The number of pyridine rings is 2. The summed E-state index contributed by atoms with van der Waals surface area (Å²) in [7, 11) is 1.21. The number of hydrogen-bond donors (Lipinski definition) is 1. The zero-order valence-electron chi connectivity index (χ0n) is 13.0. The average Bonchev–Trinajstić information content (AvgIpc) is 2.60. The normalized spacial score (nSPS) is 9.56. The first-order valence-corrected chi connectivity index (χ1v) is 9.08. The number of methoxy groups -OCH3 is 1. The van der Waals surface area contributed by atoms with Crippen LogP contribution in [-0.4, -0.2) is 34.1 Å². The Hall–Kier alpha value is -1.62. The van der Waals surface area contributed by atoms with E-state index in [0.717, 1.165) is 0 Å². The van der Waals surface area contributed by atoms with Crippen molar-refractivity contribution in [2.45, 2.75) is 0 Å². The van der Waals surface area contributed by atoms with Crippen LogP contribution in [0.5, 0.6) is 0 Å². The molecular formula is C13H6Br2Cl3N5O4. The van der Waals surface area contributed by atoms with Crippen LogP contribution in [0.3, 0.4) is 0 Å². The number of esters is 1. The molecule has 0 amide bonds. The molecule has 27 heavy (non-hydrogen) atoms. The third-order valence-corrected chi connectivity index (χ3v) is 5.02. The summed E-state index contributed by atoms with van der Waals surface area (Å²) in [6, 6.07) is 2.69. The van der Waals surface area contributed by atoms with Crippen molar-refractivity contribution in [3.05, 3.63) is 58.2 Å². The van der Waals surface area contributed by atoms with E-state index in [2.05, 4.69) is 56.6 Å². The van der Waals surface area contributed by atoms with E-state index in [4.69, 9.17) is 45.4 Å². The molecule has 0 saturated heterocycles. The van der Waals surface area contributed by atoms with Gasteiger partial charge in [-0.2, -0.15) is 0 Å². The van der Waals surface area contributed by atoms with Crippen molar-refractivity contribution in [1.82, 2.24) is 9.97 Å². The van der Waals surface area contributed by atoms with Gasteiger partial charge in [-0.05, 0) is 49.5 Å². The molecule has 2 rings (SSSR count). The van der Waals surface area contributed by atoms with E-state index in [1.165, 1.54) is 19.2 Å². The van der Waals surface area contributed by atoms with E-state index < -0.39 is 11.9 Å². The molecule has 0 fully saturated rings. The molecule has 0 aliphatic heterocycles. The molecule has 14 heteroatoms. The number of carboxylic acids is 1. The van der Waals surface area contributed by atoms with Crippen molar-refractivity contribution < 1.29 is 19.4 Å². The molecule has 0 atom stereocenters. The third kappa shape index (κ3) is 6.49. The minimum atomic E-state index is -1.17. The van der Waals surface area contributed by atoms with Gasteiger partial charge in [-0.25, -0.2) is 19.6 Å². The highest BCUT2D eigenvalue weighted by atomic mass is 79.9. The van der Waals surface area contributed by atoms with Crippen molar-refractivity contribution in [2.24, 2.45) is 5.11 Å². The summed E-state index contributed by atoms with van der Waals surface area (Å²) in [6.07, 6.45) is 0. The molecule has 2 heterocycles. The highest BCUT2D eigenvalue weighted by Crippen LogP contribution is 2.31. The van der Waals surface area contributed by atoms with E-state index in [0.29, 0.717) is 0 Å². The van der Waals surface area contributed by atoms with Crippen LogP contribution in [0.2, 0.25) is 15.3 Å². The first-order valence-electron chi connectivity index (χ1n) is 6.36. The standard InChI is InChI=1S/C7H4BrClN4O2.C6H2BrCl2NO2/c1-15-7(14)6-5(8)3(12-13-10)2-4(9)11-6;7-4-2(8)1-3(9)10-5(4)6(11)12/h2H,1H3;1H,(H,11,12). The fourth-order valence-electron chi connectivity index (χ4n) is 1.45. The maximum absolute atomic E-state index is 11.2. The van der Waals surface area contributed by atoms with Gasteiger partial charge < -0.3 is 9.84 Å². The summed E-state index contributed by atoms with van der Waals surface area (Å²) in [5.74, 6) is -1.84. The number of azide groups is 1. The Bertz CT molecular complexity index is 954. The smallest absolute Gasteiger partial charge is 0.357 e. The zero-order valence-corrected chi connectivity index (χ0v) is 18.4. The van der Waals surface area contributed by atoms with Crippen LogP contribution in [0.15, 0.2) is 26.2 Å². The summed E-state index contributed by atoms with van der Waals surface area (Å²) in [5.41, 5.74) is 8.24. The Morgan fingerprint density at radius 1 is 1.15 bits per heavy atom. The van der Waals surface area contributed by atoms with Crippen molar-refractivity contribution >= 4 is 84.3 Å². The van der Waals surface area contributed by atoms with E-state index >= 15 is 0 Å². The number of rotatable bonds is 3. The number of aromatic carboxylic acids is 1. The van der Waals surface area contributed by atoms with Crippen LogP contribution in [0.25, 0.3) is 10.4 Å². The monoisotopic (exact) mass is 559 g/mol. The number of nitrogens with zero attached hydrogens (tertiary/aromatic N) is 5. The first-order chi connectivity index (χ1) is 12.6. The lowest BCUT2D eigenvalue weighted by Gasteiger charge is -2.04. The Kier molecular flexibility index (Phi) is 9.23. The molecule has 9 nitrogen and oxygen atoms in total. The lowest BCUT2D eigenvalue weighted by atomic mass is 10.3. The van der Waals surface area contributed by atoms with Gasteiger partial charge in [0.25, 0.3) is 0 Å². The van der Waals surface area contributed by atoms with Crippen molar-refractivity contribution in [2.75, 3.05) is 7.11 Å². The maximum Gasteiger partial charge on any atom is 0.357 e. The second-order valence-corrected chi connectivity index (χ2v) is 6.97. The number of carbonyl (C=O) groups is 2. The lowest BCUT2D eigenvalue weighted by molar-refractivity contribution is 0.0592. The summed E-state index contributed by atoms with van der Waals surface area (Å²) >= 11 is 22.8. The highest BCUT2D eigenvalue weighted by Gasteiger charge is 2.16. The Morgan fingerprint density at radius 2 is 1.70 bits per heavy atom. The van der Waals surface area contributed by atoms with Gasteiger partial charge in [0, 0.05) is 4.91 Å². The van der Waals surface area contributed by atoms with Crippen LogP contribution in [0, 0.1) is 0 Å². The molecule has 0 aromatic carbocycles. The topological polar surface area (TPSA) is 138 Å². The summed E-state index contributed by atoms with van der Waals surface area (Å²) in [4.78, 5) is 31.7. The van der Waals surface area contributed by atoms with Crippen molar-refractivity contribution in [1.29, 1.82) is 0 Å². The van der Waals surface area contributed by atoms with Crippen LogP contribution >= 0.6 is 66.7 Å². The van der Waals surface area contributed by atoms with E-state index in [-0.39, 0.29) is 41.3 Å². The second-order valence-electron chi connectivity index (χ2n) is 4.20. The molecule has 1 N–H and O–H groups in total. The lowest BCUT2D eigenvalue weighted by Crippen LogP contribution is -2.05. The number of carbonyl (C=O) groups excluding carboxylic acids is 1. The molecule has 0 spiro atoms. The minimum absolute atomic E-state index is 0.0348. The molecule has 0 bridgehead atoms. The molecule has 0 aliphatic carbocycles. The molecular weight excluding hydrogens is 556 g/mol. The van der Waals surface area contributed by atoms with E-state index in [1.807, 2.05) is 0 Å². The Labute approximate surface area is 183 Å². The second kappa shape index (κ2) is 10.6. The number of ether oxygens (including phenoxy) is 1. The Balaban J connectivity index is 0.000000277. The van der Waals surface area contributed by atoms with Crippen LogP contribution < -0.4 is 0 Å². The fraction of sp³-hybridized carbons (Fsp3) is 0.0769. The number of aromatic nitrogens is 2. The van der Waals surface area contributed by atoms with Gasteiger partial charge in [0.05, 0.1) is 26.8 Å². The van der Waals surface area contributed by atoms with Gasteiger partial charge in [0.1, 0.15) is 10.3 Å². The van der Waals surface area contributed by atoms with E-state index in [9.17, 15) is 9.59 Å². The molecule has 0 saturated carbocycles. The predicted octanol–water partition coefficient (Wildman–Crippen LogP) is 6.08. The first kappa shape index (κ1) is 23.4. The molecule has 0 radical (unpaired) electrons. The Morgan fingerprint density at radius 3 is 2.22 bits per heavy atom. The van der Waals surface area contributed by atoms with Crippen LogP contribution in [-0.2, 0) is 4.74 Å². The summed E-state index contributed by atoms with van der Waals surface area (Å²) < 4.78 is 4.96. The molecule has 0 unspecified atom stereocenters.